The fraction of sp³-hybridized carbons (Fsp3) is 0.615. The molecule has 0 aromatic carbocycles. The fourth-order valence-corrected chi connectivity index (χ4v) is 1.51. The van der Waals surface area contributed by atoms with E-state index in [1.54, 1.807) is 12.1 Å². The topological polar surface area (TPSA) is 43.4 Å². The van der Waals surface area contributed by atoms with Gasteiger partial charge in [0, 0.05) is 12.6 Å². The van der Waals surface area contributed by atoms with Crippen molar-refractivity contribution in [2.24, 2.45) is 0 Å². The van der Waals surface area contributed by atoms with Crippen molar-refractivity contribution in [2.75, 3.05) is 19.8 Å². The highest BCUT2D eigenvalue weighted by atomic mass is 35.5. The van der Waals surface area contributed by atoms with Gasteiger partial charge in [0.1, 0.15) is 6.61 Å². The predicted molar refractivity (Wildman–Crippen MR) is 73.2 cm³/mol. The van der Waals surface area contributed by atoms with Crippen molar-refractivity contribution in [3.8, 4) is 5.88 Å². The highest BCUT2D eigenvalue weighted by Crippen LogP contribution is 2.17. The van der Waals surface area contributed by atoms with Crippen molar-refractivity contribution >= 4 is 11.6 Å². The van der Waals surface area contributed by atoms with Gasteiger partial charge in [0.05, 0.1) is 23.4 Å². The van der Waals surface area contributed by atoms with E-state index in [2.05, 4.69) is 10.3 Å². The van der Waals surface area contributed by atoms with Crippen LogP contribution in [0.2, 0.25) is 5.02 Å². The molecule has 1 rings (SSSR count). The molecule has 18 heavy (non-hydrogen) atoms. The van der Waals surface area contributed by atoms with Crippen molar-refractivity contribution in [3.63, 3.8) is 0 Å². The molecule has 1 heterocycles. The zero-order valence-corrected chi connectivity index (χ0v) is 12.0. The van der Waals surface area contributed by atoms with E-state index in [4.69, 9.17) is 21.1 Å². The molecule has 1 aromatic rings. The van der Waals surface area contributed by atoms with Crippen LogP contribution >= 0.6 is 11.6 Å². The summed E-state index contributed by atoms with van der Waals surface area (Å²) in [6.07, 6.45) is 0.219. The molecule has 5 heteroatoms. The van der Waals surface area contributed by atoms with Gasteiger partial charge in [-0.2, -0.15) is 0 Å². The minimum absolute atomic E-state index is 0.219. The first kappa shape index (κ1) is 15.2. The zero-order valence-electron chi connectivity index (χ0n) is 11.2. The Bertz CT molecular complexity index is 359. The fourth-order valence-electron chi connectivity index (χ4n) is 1.34. The van der Waals surface area contributed by atoms with E-state index in [-0.39, 0.29) is 6.10 Å². The number of ether oxygens (including phenoxy) is 2. The number of nitrogens with zero attached hydrogens (tertiary/aromatic N) is 1. The van der Waals surface area contributed by atoms with Gasteiger partial charge in [-0.15, -0.1) is 0 Å². The van der Waals surface area contributed by atoms with Crippen molar-refractivity contribution in [1.82, 2.24) is 10.3 Å². The summed E-state index contributed by atoms with van der Waals surface area (Å²) in [5.41, 5.74) is 0.806. The maximum Gasteiger partial charge on any atom is 0.213 e. The summed E-state index contributed by atoms with van der Waals surface area (Å²) in [6.45, 7) is 8.61. The van der Waals surface area contributed by atoms with Crippen LogP contribution in [0.1, 0.15) is 26.5 Å². The summed E-state index contributed by atoms with van der Waals surface area (Å²) in [6, 6.07) is 3.58. The zero-order chi connectivity index (χ0) is 13.4. The third kappa shape index (κ3) is 5.67. The van der Waals surface area contributed by atoms with Gasteiger partial charge in [-0.1, -0.05) is 18.5 Å². The second-order valence-electron chi connectivity index (χ2n) is 4.13. The third-order valence-electron chi connectivity index (χ3n) is 2.22. The lowest BCUT2D eigenvalue weighted by Gasteiger charge is -2.10. The minimum atomic E-state index is 0.219. The molecular weight excluding hydrogens is 252 g/mol. The second-order valence-corrected chi connectivity index (χ2v) is 4.53. The summed E-state index contributed by atoms with van der Waals surface area (Å²) in [7, 11) is 0. The Morgan fingerprint density at radius 1 is 1.33 bits per heavy atom. The molecule has 1 N–H and O–H groups in total. The van der Waals surface area contributed by atoms with Gasteiger partial charge in [0.2, 0.25) is 5.88 Å². The van der Waals surface area contributed by atoms with E-state index in [0.29, 0.717) is 30.7 Å². The Hall–Kier alpha value is -0.840. The average molecular weight is 273 g/mol. The van der Waals surface area contributed by atoms with Crippen LogP contribution in [0.5, 0.6) is 5.88 Å². The SMILES string of the molecule is CCNCc1nc(OCCOC(C)C)ccc1Cl. The van der Waals surface area contributed by atoms with Crippen molar-refractivity contribution < 1.29 is 9.47 Å². The monoisotopic (exact) mass is 272 g/mol. The molecule has 0 aliphatic rings. The molecule has 102 valence electrons. The third-order valence-corrected chi connectivity index (χ3v) is 2.56. The van der Waals surface area contributed by atoms with Crippen LogP contribution in [0.3, 0.4) is 0 Å². The lowest BCUT2D eigenvalue weighted by molar-refractivity contribution is 0.0542. The Morgan fingerprint density at radius 2 is 2.11 bits per heavy atom. The number of hydrogen-bond donors (Lipinski definition) is 1. The molecule has 1 aromatic heterocycles. The van der Waals surface area contributed by atoms with Crippen LogP contribution in [0.4, 0.5) is 0 Å². The van der Waals surface area contributed by atoms with Gasteiger partial charge in [-0.25, -0.2) is 4.98 Å². The summed E-state index contributed by atoms with van der Waals surface area (Å²) >= 11 is 6.05. The van der Waals surface area contributed by atoms with Gasteiger partial charge in [0.25, 0.3) is 0 Å². The number of aromatic nitrogens is 1. The smallest absolute Gasteiger partial charge is 0.213 e. The number of pyridine rings is 1. The van der Waals surface area contributed by atoms with E-state index >= 15 is 0 Å². The molecule has 0 bridgehead atoms. The molecule has 4 nitrogen and oxygen atoms in total. The molecule has 0 saturated carbocycles. The molecule has 0 saturated heterocycles. The normalized spacial score (nSPS) is 10.9. The lowest BCUT2D eigenvalue weighted by Crippen LogP contribution is -2.15. The summed E-state index contributed by atoms with van der Waals surface area (Å²) in [5, 5.41) is 3.84. The van der Waals surface area contributed by atoms with E-state index in [1.807, 2.05) is 20.8 Å². The van der Waals surface area contributed by atoms with Crippen LogP contribution in [0, 0.1) is 0 Å². The van der Waals surface area contributed by atoms with Crippen LogP contribution in [-0.2, 0) is 11.3 Å². The van der Waals surface area contributed by atoms with Gasteiger partial charge in [-0.3, -0.25) is 0 Å². The van der Waals surface area contributed by atoms with Gasteiger partial charge in [0.15, 0.2) is 0 Å². The summed E-state index contributed by atoms with van der Waals surface area (Å²) in [5.74, 6) is 0.583. The quantitative estimate of drug-likeness (QED) is 0.739. The maximum atomic E-state index is 6.05. The average Bonchev–Trinajstić information content (AvgIpc) is 2.34. The first-order chi connectivity index (χ1) is 8.63. The standard InChI is InChI=1S/C13H21ClN2O2/c1-4-15-9-12-11(14)5-6-13(16-12)18-8-7-17-10(2)3/h5-6,10,15H,4,7-9H2,1-3H3. The number of halogens is 1. The maximum absolute atomic E-state index is 6.05. The first-order valence-electron chi connectivity index (χ1n) is 6.24. The van der Waals surface area contributed by atoms with Crippen LogP contribution in [0.15, 0.2) is 12.1 Å². The first-order valence-corrected chi connectivity index (χ1v) is 6.61. The lowest BCUT2D eigenvalue weighted by atomic mass is 10.3. The molecule has 0 radical (unpaired) electrons. The Labute approximate surface area is 114 Å². The molecule has 0 unspecified atom stereocenters. The largest absolute Gasteiger partial charge is 0.475 e. The predicted octanol–water partition coefficient (Wildman–Crippen LogP) is 2.65. The van der Waals surface area contributed by atoms with E-state index in [0.717, 1.165) is 12.2 Å². The Kier molecular flexibility index (Phi) is 7.01. The number of nitrogens with one attached hydrogen (secondary N) is 1. The summed E-state index contributed by atoms with van der Waals surface area (Å²) in [4.78, 5) is 4.35. The molecule has 0 fully saturated rings. The Morgan fingerprint density at radius 3 is 2.78 bits per heavy atom. The van der Waals surface area contributed by atoms with Crippen molar-refractivity contribution in [3.05, 3.63) is 22.8 Å². The van der Waals surface area contributed by atoms with Gasteiger partial charge in [-0.05, 0) is 26.5 Å². The number of rotatable bonds is 8. The van der Waals surface area contributed by atoms with Crippen LogP contribution < -0.4 is 10.1 Å². The van der Waals surface area contributed by atoms with Crippen LogP contribution in [0.25, 0.3) is 0 Å². The Balaban J connectivity index is 2.45. The minimum Gasteiger partial charge on any atom is -0.475 e. The molecule has 0 aliphatic carbocycles. The highest BCUT2D eigenvalue weighted by molar-refractivity contribution is 6.31. The van der Waals surface area contributed by atoms with E-state index < -0.39 is 0 Å². The van der Waals surface area contributed by atoms with Gasteiger partial charge < -0.3 is 14.8 Å². The molecule has 0 atom stereocenters. The molecule has 0 amide bonds. The summed E-state index contributed by atoms with van der Waals surface area (Å²) < 4.78 is 10.9. The van der Waals surface area contributed by atoms with Crippen molar-refractivity contribution in [2.45, 2.75) is 33.4 Å². The molecule has 0 aliphatic heterocycles. The number of hydrogen-bond acceptors (Lipinski definition) is 4. The highest BCUT2D eigenvalue weighted by Gasteiger charge is 2.04. The molecular formula is C13H21ClN2O2. The second kappa shape index (κ2) is 8.29. The van der Waals surface area contributed by atoms with Gasteiger partial charge >= 0.3 is 0 Å². The van der Waals surface area contributed by atoms with E-state index in [9.17, 15) is 0 Å². The van der Waals surface area contributed by atoms with Crippen LogP contribution in [-0.4, -0.2) is 30.8 Å². The van der Waals surface area contributed by atoms with Crippen molar-refractivity contribution in [1.29, 1.82) is 0 Å². The van der Waals surface area contributed by atoms with E-state index in [1.165, 1.54) is 0 Å². The molecule has 0 spiro atoms.